The normalized spacial score (nSPS) is 7.69. The number of aliphatic carboxylic acids is 1. The predicted octanol–water partition coefficient (Wildman–Crippen LogP) is 3.18. The van der Waals surface area contributed by atoms with Crippen molar-refractivity contribution in [2.45, 2.75) is 25.7 Å². The molecule has 2 nitrogen and oxygen atoms in total. The van der Waals surface area contributed by atoms with Crippen LogP contribution in [0.4, 0.5) is 0 Å². The lowest BCUT2D eigenvalue weighted by Gasteiger charge is -1.89. The standard InChI is InChI=1S/C8H14.C3H4O2/c1-3-5-7-8-6-4-2;1-2-3(4)5/h3-4H,1-2,5-8H2;2H,1H2,(H,4,5). The molecule has 0 bridgehead atoms. The van der Waals surface area contributed by atoms with Crippen molar-refractivity contribution in [1.29, 1.82) is 0 Å². The first kappa shape index (κ1) is 14.2. The van der Waals surface area contributed by atoms with E-state index in [0.29, 0.717) is 0 Å². The maximum Gasteiger partial charge on any atom is 0.327 e. The van der Waals surface area contributed by atoms with Crippen LogP contribution < -0.4 is 0 Å². The van der Waals surface area contributed by atoms with Crippen LogP contribution in [0, 0.1) is 0 Å². The Morgan fingerprint density at radius 1 is 1.08 bits per heavy atom. The Morgan fingerprint density at radius 2 is 1.38 bits per heavy atom. The molecule has 0 saturated carbocycles. The Bertz CT molecular complexity index is 149. The molecule has 1 N–H and O–H groups in total. The van der Waals surface area contributed by atoms with Gasteiger partial charge < -0.3 is 5.11 Å². The number of carboxylic acids is 1. The van der Waals surface area contributed by atoms with E-state index in [9.17, 15) is 4.79 Å². The molecule has 0 aromatic heterocycles. The van der Waals surface area contributed by atoms with Crippen molar-refractivity contribution in [2.75, 3.05) is 0 Å². The van der Waals surface area contributed by atoms with Gasteiger partial charge in [0.25, 0.3) is 0 Å². The van der Waals surface area contributed by atoms with E-state index in [0.717, 1.165) is 18.9 Å². The first-order chi connectivity index (χ1) is 6.18. The van der Waals surface area contributed by atoms with Gasteiger partial charge in [0.15, 0.2) is 0 Å². The van der Waals surface area contributed by atoms with Gasteiger partial charge in [-0.15, -0.1) is 13.2 Å². The molecule has 0 aliphatic heterocycles. The molecular formula is C11H18O2. The second-order valence-corrected chi connectivity index (χ2v) is 2.40. The highest BCUT2D eigenvalue weighted by atomic mass is 16.4. The summed E-state index contributed by atoms with van der Waals surface area (Å²) in [6, 6.07) is 0. The molecule has 0 heterocycles. The minimum atomic E-state index is -0.981. The van der Waals surface area contributed by atoms with Crippen molar-refractivity contribution in [2.24, 2.45) is 0 Å². The van der Waals surface area contributed by atoms with Crippen LogP contribution in [0.25, 0.3) is 0 Å². The maximum atomic E-state index is 9.25. The topological polar surface area (TPSA) is 37.3 Å². The summed E-state index contributed by atoms with van der Waals surface area (Å²) >= 11 is 0. The van der Waals surface area contributed by atoms with Crippen molar-refractivity contribution in [3.8, 4) is 0 Å². The van der Waals surface area contributed by atoms with E-state index in [1.807, 2.05) is 12.2 Å². The number of carbonyl (C=O) groups is 1. The molecule has 0 aliphatic rings. The van der Waals surface area contributed by atoms with Gasteiger partial charge in [-0.1, -0.05) is 18.7 Å². The SMILES string of the molecule is C=CC(=O)O.C=CCCCCC=C. The number of hydrogen-bond acceptors (Lipinski definition) is 1. The number of hydrogen-bond donors (Lipinski definition) is 1. The monoisotopic (exact) mass is 182 g/mol. The van der Waals surface area contributed by atoms with E-state index in [1.54, 1.807) is 0 Å². The maximum absolute atomic E-state index is 9.25. The summed E-state index contributed by atoms with van der Waals surface area (Å²) in [5.41, 5.74) is 0. The highest BCUT2D eigenvalue weighted by Gasteiger charge is 1.79. The molecule has 13 heavy (non-hydrogen) atoms. The van der Waals surface area contributed by atoms with Gasteiger partial charge in [-0.05, 0) is 25.7 Å². The Kier molecular flexibility index (Phi) is 14.5. The first-order valence-electron chi connectivity index (χ1n) is 4.26. The highest BCUT2D eigenvalue weighted by molar-refractivity contribution is 5.78. The molecule has 0 fully saturated rings. The zero-order valence-corrected chi connectivity index (χ0v) is 8.04. The van der Waals surface area contributed by atoms with Gasteiger partial charge in [0, 0.05) is 6.08 Å². The molecule has 0 aromatic rings. The summed E-state index contributed by atoms with van der Waals surface area (Å²) in [6.07, 6.45) is 9.57. The second-order valence-electron chi connectivity index (χ2n) is 2.40. The molecule has 0 unspecified atom stereocenters. The molecular weight excluding hydrogens is 164 g/mol. The summed E-state index contributed by atoms with van der Waals surface area (Å²) in [4.78, 5) is 9.25. The van der Waals surface area contributed by atoms with Crippen LogP contribution in [0.5, 0.6) is 0 Å². The van der Waals surface area contributed by atoms with Gasteiger partial charge in [0.05, 0.1) is 0 Å². The molecule has 74 valence electrons. The Balaban J connectivity index is 0. The average Bonchev–Trinajstić information content (AvgIpc) is 2.14. The molecule has 0 amide bonds. The van der Waals surface area contributed by atoms with Crippen LogP contribution in [-0.4, -0.2) is 11.1 Å². The molecule has 0 rings (SSSR count). The Morgan fingerprint density at radius 3 is 1.54 bits per heavy atom. The van der Waals surface area contributed by atoms with Gasteiger partial charge in [0.2, 0.25) is 0 Å². The summed E-state index contributed by atoms with van der Waals surface area (Å²) in [5, 5.41) is 7.60. The third-order valence-electron chi connectivity index (χ3n) is 1.24. The van der Waals surface area contributed by atoms with Crippen molar-refractivity contribution in [3.05, 3.63) is 38.0 Å². The summed E-state index contributed by atoms with van der Waals surface area (Å²) < 4.78 is 0. The molecule has 0 spiro atoms. The van der Waals surface area contributed by atoms with E-state index in [4.69, 9.17) is 5.11 Å². The fraction of sp³-hybridized carbons (Fsp3) is 0.364. The summed E-state index contributed by atoms with van der Waals surface area (Å²) in [5.74, 6) is -0.981. The van der Waals surface area contributed by atoms with E-state index < -0.39 is 5.97 Å². The summed E-state index contributed by atoms with van der Waals surface area (Å²) in [6.45, 7) is 10.2. The smallest absolute Gasteiger partial charge is 0.327 e. The van der Waals surface area contributed by atoms with Crippen LogP contribution in [0.3, 0.4) is 0 Å². The predicted molar refractivity (Wildman–Crippen MR) is 56.7 cm³/mol. The first-order valence-corrected chi connectivity index (χ1v) is 4.26. The van der Waals surface area contributed by atoms with Crippen molar-refractivity contribution < 1.29 is 9.90 Å². The summed E-state index contributed by atoms with van der Waals surface area (Å²) in [7, 11) is 0. The van der Waals surface area contributed by atoms with Crippen LogP contribution in [0.2, 0.25) is 0 Å². The zero-order valence-electron chi connectivity index (χ0n) is 8.04. The fourth-order valence-corrected chi connectivity index (χ4v) is 0.577. The lowest BCUT2D eigenvalue weighted by molar-refractivity contribution is -0.131. The number of carboxylic acid groups (broad SMARTS) is 1. The van der Waals surface area contributed by atoms with Crippen LogP contribution in [0.15, 0.2) is 38.0 Å². The minimum absolute atomic E-state index is 0.833. The van der Waals surface area contributed by atoms with Gasteiger partial charge >= 0.3 is 5.97 Å². The minimum Gasteiger partial charge on any atom is -0.478 e. The van der Waals surface area contributed by atoms with Crippen LogP contribution in [-0.2, 0) is 4.79 Å². The largest absolute Gasteiger partial charge is 0.478 e. The van der Waals surface area contributed by atoms with Crippen molar-refractivity contribution in [1.82, 2.24) is 0 Å². The zero-order chi connectivity index (χ0) is 10.5. The molecule has 0 radical (unpaired) electrons. The number of allylic oxidation sites excluding steroid dienone is 2. The quantitative estimate of drug-likeness (QED) is 0.389. The van der Waals surface area contributed by atoms with E-state index in [-0.39, 0.29) is 0 Å². The molecule has 0 aromatic carbocycles. The third-order valence-corrected chi connectivity index (χ3v) is 1.24. The molecule has 0 saturated heterocycles. The van der Waals surface area contributed by atoms with E-state index in [2.05, 4.69) is 19.7 Å². The van der Waals surface area contributed by atoms with Gasteiger partial charge in [-0.2, -0.15) is 0 Å². The molecule has 2 heteroatoms. The van der Waals surface area contributed by atoms with Crippen LogP contribution >= 0.6 is 0 Å². The molecule has 0 atom stereocenters. The Labute approximate surface area is 80.3 Å². The molecule has 0 aliphatic carbocycles. The van der Waals surface area contributed by atoms with Crippen molar-refractivity contribution >= 4 is 5.97 Å². The van der Waals surface area contributed by atoms with Gasteiger partial charge in [-0.25, -0.2) is 4.79 Å². The Hall–Kier alpha value is -1.31. The number of unbranched alkanes of at least 4 members (excludes halogenated alkanes) is 3. The van der Waals surface area contributed by atoms with Crippen molar-refractivity contribution in [3.63, 3.8) is 0 Å². The lowest BCUT2D eigenvalue weighted by Crippen LogP contribution is -1.82. The fourth-order valence-electron chi connectivity index (χ4n) is 0.577. The number of rotatable bonds is 6. The third kappa shape index (κ3) is 24.9. The second kappa shape index (κ2) is 13.3. The van der Waals surface area contributed by atoms with Gasteiger partial charge in [0.1, 0.15) is 0 Å². The van der Waals surface area contributed by atoms with E-state index in [1.165, 1.54) is 12.8 Å². The van der Waals surface area contributed by atoms with Gasteiger partial charge in [-0.3, -0.25) is 0 Å². The average molecular weight is 182 g/mol. The van der Waals surface area contributed by atoms with Crippen LogP contribution in [0.1, 0.15) is 25.7 Å². The highest BCUT2D eigenvalue weighted by Crippen LogP contribution is 1.99. The lowest BCUT2D eigenvalue weighted by atomic mass is 10.2. The van der Waals surface area contributed by atoms with E-state index >= 15 is 0 Å².